The lowest BCUT2D eigenvalue weighted by Crippen LogP contribution is -2.44. The Kier molecular flexibility index (Phi) is 9.19. The molecule has 0 radical (unpaired) electrons. The molecule has 172 valence electrons. The van der Waals surface area contributed by atoms with Crippen molar-refractivity contribution in [1.29, 1.82) is 0 Å². The molecule has 6 nitrogen and oxygen atoms in total. The number of likely N-dealkylation sites (tertiary alicyclic amines) is 1. The molecule has 6 heteroatoms. The van der Waals surface area contributed by atoms with Gasteiger partial charge in [-0.15, -0.1) is 0 Å². The summed E-state index contributed by atoms with van der Waals surface area (Å²) < 4.78 is 0. The van der Waals surface area contributed by atoms with E-state index in [-0.39, 0.29) is 17.9 Å². The van der Waals surface area contributed by atoms with Crippen molar-refractivity contribution in [2.75, 3.05) is 32.8 Å². The van der Waals surface area contributed by atoms with Gasteiger partial charge in [-0.25, -0.2) is 4.99 Å². The molecule has 3 rings (SSSR count). The molecule has 1 heterocycles. The molecule has 0 atom stereocenters. The second-order valence-electron chi connectivity index (χ2n) is 9.13. The number of rotatable bonds is 8. The maximum Gasteiger partial charge on any atom is 0.253 e. The van der Waals surface area contributed by atoms with Crippen molar-refractivity contribution in [2.45, 2.75) is 71.3 Å². The number of guanidine groups is 1. The van der Waals surface area contributed by atoms with Gasteiger partial charge >= 0.3 is 0 Å². The summed E-state index contributed by atoms with van der Waals surface area (Å²) in [5.74, 6) is 0.963. The van der Waals surface area contributed by atoms with E-state index in [1.807, 2.05) is 29.2 Å². The van der Waals surface area contributed by atoms with Crippen LogP contribution in [-0.2, 0) is 6.54 Å². The second-order valence-corrected chi connectivity index (χ2v) is 9.13. The number of nitrogens with one attached hydrogen (secondary N) is 2. The van der Waals surface area contributed by atoms with Crippen molar-refractivity contribution < 1.29 is 9.90 Å². The number of carbonyl (C=O) groups excluding carboxylic acids is 1. The zero-order chi connectivity index (χ0) is 21.9. The van der Waals surface area contributed by atoms with Crippen molar-refractivity contribution >= 4 is 11.9 Å². The van der Waals surface area contributed by atoms with E-state index >= 15 is 0 Å². The highest BCUT2D eigenvalue weighted by atomic mass is 16.3. The van der Waals surface area contributed by atoms with Gasteiger partial charge in [0.2, 0.25) is 0 Å². The van der Waals surface area contributed by atoms with Crippen LogP contribution in [-0.4, -0.2) is 54.7 Å². The average Bonchev–Trinajstić information content (AvgIpc) is 2.82. The number of nitrogens with zero attached hydrogens (tertiary/aromatic N) is 2. The summed E-state index contributed by atoms with van der Waals surface area (Å²) in [5.41, 5.74) is 2.04. The van der Waals surface area contributed by atoms with E-state index in [0.29, 0.717) is 6.54 Å². The van der Waals surface area contributed by atoms with Crippen LogP contribution in [0.25, 0.3) is 0 Å². The van der Waals surface area contributed by atoms with Crippen LogP contribution in [0.1, 0.15) is 80.6 Å². The van der Waals surface area contributed by atoms with Crippen LogP contribution < -0.4 is 10.6 Å². The van der Waals surface area contributed by atoms with Gasteiger partial charge in [-0.3, -0.25) is 4.79 Å². The Balaban J connectivity index is 1.57. The van der Waals surface area contributed by atoms with Crippen LogP contribution in [0.2, 0.25) is 0 Å². The highest BCUT2D eigenvalue weighted by molar-refractivity contribution is 5.94. The number of piperidine rings is 1. The lowest BCUT2D eigenvalue weighted by Gasteiger charge is -2.37. The molecule has 1 saturated heterocycles. The maximum absolute atomic E-state index is 12.6. The average molecular weight is 429 g/mol. The Labute approximate surface area is 187 Å². The Bertz CT molecular complexity index is 699. The van der Waals surface area contributed by atoms with Crippen LogP contribution in [0, 0.1) is 5.41 Å². The van der Waals surface area contributed by atoms with Crippen LogP contribution >= 0.6 is 0 Å². The normalized spacial score (nSPS) is 19.2. The Morgan fingerprint density at radius 2 is 1.71 bits per heavy atom. The van der Waals surface area contributed by atoms with E-state index in [2.05, 4.69) is 17.6 Å². The first-order chi connectivity index (χ1) is 15.2. The summed E-state index contributed by atoms with van der Waals surface area (Å²) in [4.78, 5) is 19.4. The fourth-order valence-corrected chi connectivity index (χ4v) is 4.87. The number of hydrogen-bond donors (Lipinski definition) is 3. The van der Waals surface area contributed by atoms with Gasteiger partial charge in [0.05, 0.1) is 6.54 Å². The fourth-order valence-electron chi connectivity index (χ4n) is 4.87. The molecule has 1 aliphatic carbocycles. The third-order valence-corrected chi connectivity index (χ3v) is 6.80. The summed E-state index contributed by atoms with van der Waals surface area (Å²) >= 11 is 0. The summed E-state index contributed by atoms with van der Waals surface area (Å²) in [6.45, 7) is 6.30. The van der Waals surface area contributed by atoms with Crippen LogP contribution in [0.4, 0.5) is 0 Å². The molecule has 1 aliphatic heterocycles. The van der Waals surface area contributed by atoms with Gasteiger partial charge in [0.25, 0.3) is 5.91 Å². The molecule has 1 aromatic carbocycles. The standard InChI is InChI=1S/C25H40N4O2/c1-2-26-24(28-20-25(15-18-30)13-5-3-6-14-25)27-19-21-9-11-22(12-10-21)23(31)29-16-7-4-8-17-29/h9-12,30H,2-8,13-20H2,1H3,(H2,26,27,28). The third kappa shape index (κ3) is 6.96. The van der Waals surface area contributed by atoms with Crippen LogP contribution in [0.15, 0.2) is 29.3 Å². The van der Waals surface area contributed by atoms with Crippen molar-refractivity contribution in [2.24, 2.45) is 10.4 Å². The number of hydrogen-bond acceptors (Lipinski definition) is 3. The number of aliphatic hydroxyl groups excluding tert-OH is 1. The minimum absolute atomic E-state index is 0.145. The minimum atomic E-state index is 0.145. The summed E-state index contributed by atoms with van der Waals surface area (Å²) in [6.07, 6.45) is 10.4. The molecule has 0 aromatic heterocycles. The van der Waals surface area contributed by atoms with E-state index in [1.54, 1.807) is 0 Å². The quantitative estimate of drug-likeness (QED) is 0.436. The molecule has 1 aromatic rings. The van der Waals surface area contributed by atoms with E-state index < -0.39 is 0 Å². The van der Waals surface area contributed by atoms with Gasteiger partial charge in [0.15, 0.2) is 5.96 Å². The number of aliphatic hydroxyl groups is 1. The van der Waals surface area contributed by atoms with Crippen molar-refractivity contribution in [3.8, 4) is 0 Å². The topological polar surface area (TPSA) is 77.0 Å². The van der Waals surface area contributed by atoms with Crippen molar-refractivity contribution in [3.63, 3.8) is 0 Å². The van der Waals surface area contributed by atoms with Gasteiger partial charge in [0, 0.05) is 38.3 Å². The van der Waals surface area contributed by atoms with E-state index in [9.17, 15) is 9.90 Å². The van der Waals surface area contributed by atoms with Gasteiger partial charge in [0.1, 0.15) is 0 Å². The summed E-state index contributed by atoms with van der Waals surface area (Å²) in [5, 5.41) is 16.4. The summed E-state index contributed by atoms with van der Waals surface area (Å²) in [6, 6.07) is 7.89. The maximum atomic E-state index is 12.6. The fraction of sp³-hybridized carbons (Fsp3) is 0.680. The largest absolute Gasteiger partial charge is 0.396 e. The molecule has 2 fully saturated rings. The van der Waals surface area contributed by atoms with Crippen molar-refractivity contribution in [3.05, 3.63) is 35.4 Å². The van der Waals surface area contributed by atoms with Crippen LogP contribution in [0.5, 0.6) is 0 Å². The van der Waals surface area contributed by atoms with E-state index in [4.69, 9.17) is 4.99 Å². The Morgan fingerprint density at radius 1 is 1.03 bits per heavy atom. The second kappa shape index (κ2) is 12.1. The van der Waals surface area contributed by atoms with Gasteiger partial charge in [-0.1, -0.05) is 31.4 Å². The zero-order valence-electron chi connectivity index (χ0n) is 19.2. The third-order valence-electron chi connectivity index (χ3n) is 6.80. The number of aliphatic imine (C=N–C) groups is 1. The molecule has 1 amide bonds. The number of amides is 1. The van der Waals surface area contributed by atoms with Gasteiger partial charge < -0.3 is 20.6 Å². The molecule has 31 heavy (non-hydrogen) atoms. The Morgan fingerprint density at radius 3 is 2.35 bits per heavy atom. The molecular weight excluding hydrogens is 388 g/mol. The SMILES string of the molecule is CCNC(=NCc1ccc(C(=O)N2CCCCC2)cc1)NCC1(CCO)CCCCC1. The predicted molar refractivity (Wildman–Crippen MR) is 126 cm³/mol. The molecule has 0 spiro atoms. The molecular formula is C25H40N4O2. The monoisotopic (exact) mass is 428 g/mol. The summed E-state index contributed by atoms with van der Waals surface area (Å²) in [7, 11) is 0. The number of carbonyl (C=O) groups is 1. The highest BCUT2D eigenvalue weighted by Crippen LogP contribution is 2.38. The predicted octanol–water partition coefficient (Wildman–Crippen LogP) is 3.70. The van der Waals surface area contributed by atoms with E-state index in [1.165, 1.54) is 38.5 Å². The van der Waals surface area contributed by atoms with Gasteiger partial charge in [-0.05, 0) is 68.6 Å². The highest BCUT2D eigenvalue weighted by Gasteiger charge is 2.31. The molecule has 2 aliphatic rings. The molecule has 3 N–H and O–H groups in total. The van der Waals surface area contributed by atoms with Crippen LogP contribution in [0.3, 0.4) is 0 Å². The molecule has 0 bridgehead atoms. The molecule has 0 unspecified atom stereocenters. The van der Waals surface area contributed by atoms with E-state index in [0.717, 1.165) is 62.5 Å². The lowest BCUT2D eigenvalue weighted by atomic mass is 9.72. The van der Waals surface area contributed by atoms with Crippen molar-refractivity contribution in [1.82, 2.24) is 15.5 Å². The smallest absolute Gasteiger partial charge is 0.253 e. The lowest BCUT2D eigenvalue weighted by molar-refractivity contribution is 0.0724. The first-order valence-corrected chi connectivity index (χ1v) is 12.2. The zero-order valence-corrected chi connectivity index (χ0v) is 19.2. The minimum Gasteiger partial charge on any atom is -0.396 e. The Hall–Kier alpha value is -2.08. The first kappa shape index (κ1) is 23.6. The number of benzene rings is 1. The van der Waals surface area contributed by atoms with Gasteiger partial charge in [-0.2, -0.15) is 0 Å². The molecule has 1 saturated carbocycles. The first-order valence-electron chi connectivity index (χ1n) is 12.2.